The third-order valence-electron chi connectivity index (χ3n) is 3.67. The Morgan fingerprint density at radius 2 is 2.00 bits per heavy atom. The molecule has 2 rings (SSSR count). The summed E-state index contributed by atoms with van der Waals surface area (Å²) < 4.78 is 36.6. The normalized spacial score (nSPS) is 11.8. The van der Waals surface area contributed by atoms with Crippen molar-refractivity contribution in [2.75, 3.05) is 19.8 Å². The molecule has 0 bridgehead atoms. The summed E-state index contributed by atoms with van der Waals surface area (Å²) in [5.74, 6) is 5.46. The molecule has 1 aromatic heterocycles. The van der Waals surface area contributed by atoms with Gasteiger partial charge in [-0.05, 0) is 44.2 Å². The van der Waals surface area contributed by atoms with Crippen LogP contribution in [0.15, 0.2) is 53.7 Å². The molecular weight excluding hydrogens is 380 g/mol. The second-order valence-corrected chi connectivity index (χ2v) is 7.62. The molecule has 8 heteroatoms. The lowest BCUT2D eigenvalue weighted by Gasteiger charge is -2.19. The fourth-order valence-electron chi connectivity index (χ4n) is 2.38. The van der Waals surface area contributed by atoms with Gasteiger partial charge in [-0.2, -0.15) is 0 Å². The van der Waals surface area contributed by atoms with Gasteiger partial charge in [-0.1, -0.05) is 12.0 Å². The van der Waals surface area contributed by atoms with Crippen LogP contribution >= 0.6 is 0 Å². The van der Waals surface area contributed by atoms with E-state index in [9.17, 15) is 13.2 Å². The zero-order valence-electron chi connectivity index (χ0n) is 15.7. The fraction of sp³-hybridized carbons (Fsp3) is 0.300. The molecule has 0 saturated heterocycles. The largest absolute Gasteiger partial charge is 0.481 e. The molecule has 1 unspecified atom stereocenters. The molecule has 2 aromatic rings. The molecular formula is C20H22N2O5S. The van der Waals surface area contributed by atoms with E-state index in [-0.39, 0.29) is 24.7 Å². The first kappa shape index (κ1) is 21.4. The first-order chi connectivity index (χ1) is 13.5. The zero-order valence-corrected chi connectivity index (χ0v) is 16.5. The second kappa shape index (κ2) is 10.4. The van der Waals surface area contributed by atoms with Gasteiger partial charge in [0.05, 0.1) is 18.0 Å². The lowest BCUT2D eigenvalue weighted by molar-refractivity contribution is -0.142. The molecule has 0 aliphatic heterocycles. The number of benzene rings is 1. The molecule has 0 saturated carbocycles. The third kappa shape index (κ3) is 5.81. The highest BCUT2D eigenvalue weighted by Gasteiger charge is 2.29. The predicted octanol–water partition coefficient (Wildman–Crippen LogP) is 2.11. The van der Waals surface area contributed by atoms with Gasteiger partial charge in [0.15, 0.2) is 9.84 Å². The average molecular weight is 402 g/mol. The van der Waals surface area contributed by atoms with Crippen LogP contribution in [-0.2, 0) is 19.4 Å². The summed E-state index contributed by atoms with van der Waals surface area (Å²) in [7, 11) is -3.85. The quantitative estimate of drug-likeness (QED) is 0.507. The maximum Gasteiger partial charge on any atom is 0.319 e. The number of nitrogens with zero attached hydrogens (tertiary/aromatic N) is 1. The van der Waals surface area contributed by atoms with Crippen molar-refractivity contribution in [2.24, 2.45) is 0 Å². The number of pyridine rings is 1. The van der Waals surface area contributed by atoms with Crippen molar-refractivity contribution in [1.82, 2.24) is 10.3 Å². The van der Waals surface area contributed by atoms with Crippen molar-refractivity contribution >= 4 is 15.8 Å². The number of ether oxygens (including phenoxy) is 2. The van der Waals surface area contributed by atoms with Crippen LogP contribution in [0, 0.1) is 11.8 Å². The van der Waals surface area contributed by atoms with Crippen molar-refractivity contribution in [3.63, 3.8) is 0 Å². The number of sulfone groups is 1. The van der Waals surface area contributed by atoms with E-state index >= 15 is 0 Å². The molecule has 0 radical (unpaired) electrons. The van der Waals surface area contributed by atoms with Crippen LogP contribution < -0.4 is 10.1 Å². The van der Waals surface area contributed by atoms with E-state index in [1.54, 1.807) is 44.3 Å². The van der Waals surface area contributed by atoms with E-state index in [0.717, 1.165) is 0 Å². The minimum atomic E-state index is -3.85. The lowest BCUT2D eigenvalue weighted by atomic mass is 10.3. The SMILES string of the molecule is CC#CCOc1ccc(S(=O)(=O)C(NCC(=O)OCC)c2cccnc2)cc1. The Bertz CT molecular complexity index is 932. The van der Waals surface area contributed by atoms with Gasteiger partial charge in [-0.15, -0.1) is 5.92 Å². The Kier molecular flexibility index (Phi) is 7.99. The summed E-state index contributed by atoms with van der Waals surface area (Å²) in [6.07, 6.45) is 2.99. The predicted molar refractivity (Wildman–Crippen MR) is 104 cm³/mol. The first-order valence-corrected chi connectivity index (χ1v) is 10.2. The summed E-state index contributed by atoms with van der Waals surface area (Å²) in [5, 5.41) is 1.61. The molecule has 1 aromatic carbocycles. The highest BCUT2D eigenvalue weighted by atomic mass is 32.2. The van der Waals surface area contributed by atoms with E-state index in [1.165, 1.54) is 18.3 Å². The third-order valence-corrected chi connectivity index (χ3v) is 5.66. The van der Waals surface area contributed by atoms with Gasteiger partial charge in [0.1, 0.15) is 17.7 Å². The molecule has 1 atom stereocenters. The van der Waals surface area contributed by atoms with Crippen LogP contribution in [0.2, 0.25) is 0 Å². The topological polar surface area (TPSA) is 94.6 Å². The Morgan fingerprint density at radius 3 is 2.61 bits per heavy atom. The van der Waals surface area contributed by atoms with Gasteiger partial charge in [0.2, 0.25) is 0 Å². The van der Waals surface area contributed by atoms with Gasteiger partial charge in [0.25, 0.3) is 0 Å². The Hall–Kier alpha value is -2.89. The van der Waals surface area contributed by atoms with Crippen molar-refractivity contribution < 1.29 is 22.7 Å². The smallest absolute Gasteiger partial charge is 0.319 e. The molecule has 0 spiro atoms. The Labute approximate surface area is 165 Å². The molecule has 28 heavy (non-hydrogen) atoms. The highest BCUT2D eigenvalue weighted by molar-refractivity contribution is 7.91. The molecule has 1 heterocycles. The number of hydrogen-bond donors (Lipinski definition) is 1. The highest BCUT2D eigenvalue weighted by Crippen LogP contribution is 2.27. The van der Waals surface area contributed by atoms with Crippen LogP contribution in [0.4, 0.5) is 0 Å². The van der Waals surface area contributed by atoms with Gasteiger partial charge >= 0.3 is 5.97 Å². The van der Waals surface area contributed by atoms with Crippen molar-refractivity contribution in [3.05, 3.63) is 54.4 Å². The van der Waals surface area contributed by atoms with Gasteiger partial charge in [-0.25, -0.2) is 8.42 Å². The second-order valence-electron chi connectivity index (χ2n) is 5.58. The minimum Gasteiger partial charge on any atom is -0.481 e. The number of hydrogen-bond acceptors (Lipinski definition) is 7. The lowest BCUT2D eigenvalue weighted by Crippen LogP contribution is -2.34. The molecule has 0 fully saturated rings. The fourth-order valence-corrected chi connectivity index (χ4v) is 3.97. The van der Waals surface area contributed by atoms with Crippen LogP contribution in [0.3, 0.4) is 0 Å². The van der Waals surface area contributed by atoms with Gasteiger partial charge < -0.3 is 9.47 Å². The van der Waals surface area contributed by atoms with Gasteiger partial charge in [-0.3, -0.25) is 15.1 Å². The number of rotatable bonds is 9. The van der Waals surface area contributed by atoms with Crippen molar-refractivity contribution in [2.45, 2.75) is 24.1 Å². The van der Waals surface area contributed by atoms with Crippen LogP contribution in [-0.4, -0.2) is 39.1 Å². The number of carbonyl (C=O) groups excluding carboxylic acids is 1. The van der Waals surface area contributed by atoms with Crippen molar-refractivity contribution in [3.8, 4) is 17.6 Å². The van der Waals surface area contributed by atoms with Crippen LogP contribution in [0.5, 0.6) is 5.75 Å². The van der Waals surface area contributed by atoms with E-state index in [1.807, 2.05) is 0 Å². The van der Waals surface area contributed by atoms with E-state index in [0.29, 0.717) is 11.3 Å². The standard InChI is InChI=1S/C20H22N2O5S/c1-3-5-13-27-17-8-10-18(11-9-17)28(24,25)20(16-7-6-12-21-14-16)22-15-19(23)26-4-2/h6-12,14,20,22H,4,13,15H2,1-2H3. The Balaban J connectivity index is 2.26. The average Bonchev–Trinajstić information content (AvgIpc) is 2.69. The van der Waals surface area contributed by atoms with Crippen LogP contribution in [0.25, 0.3) is 0 Å². The number of aromatic nitrogens is 1. The number of nitrogens with one attached hydrogen (secondary N) is 1. The van der Waals surface area contributed by atoms with E-state index < -0.39 is 21.2 Å². The monoisotopic (exact) mass is 402 g/mol. The molecule has 1 N–H and O–H groups in total. The molecule has 148 valence electrons. The van der Waals surface area contributed by atoms with Gasteiger partial charge in [0, 0.05) is 18.0 Å². The van der Waals surface area contributed by atoms with E-state index in [2.05, 4.69) is 22.1 Å². The first-order valence-electron chi connectivity index (χ1n) is 8.64. The van der Waals surface area contributed by atoms with E-state index in [4.69, 9.17) is 9.47 Å². The summed E-state index contributed by atoms with van der Waals surface area (Å²) in [5.41, 5.74) is 0.422. The van der Waals surface area contributed by atoms with Crippen molar-refractivity contribution in [1.29, 1.82) is 0 Å². The number of carbonyl (C=O) groups is 1. The molecule has 7 nitrogen and oxygen atoms in total. The summed E-state index contributed by atoms with van der Waals surface area (Å²) in [4.78, 5) is 15.8. The summed E-state index contributed by atoms with van der Waals surface area (Å²) in [6, 6.07) is 9.31. The minimum absolute atomic E-state index is 0.0895. The van der Waals surface area contributed by atoms with Crippen LogP contribution in [0.1, 0.15) is 24.8 Å². The molecule has 0 aliphatic carbocycles. The maximum absolute atomic E-state index is 13.2. The summed E-state index contributed by atoms with van der Waals surface area (Å²) >= 11 is 0. The number of esters is 1. The Morgan fingerprint density at radius 1 is 1.25 bits per heavy atom. The molecule has 0 aliphatic rings. The molecule has 0 amide bonds. The summed E-state index contributed by atoms with van der Waals surface area (Å²) in [6.45, 7) is 3.59. The zero-order chi connectivity index (χ0) is 20.4. The maximum atomic E-state index is 13.2.